The molecule has 0 spiro atoms. The molecule has 0 unspecified atom stereocenters. The summed E-state index contributed by atoms with van der Waals surface area (Å²) in [5.41, 5.74) is 3.66. The smallest absolute Gasteiger partial charge is 0.207 e. The van der Waals surface area contributed by atoms with Gasteiger partial charge in [0.05, 0.1) is 4.90 Å². The Bertz CT molecular complexity index is 1010. The van der Waals surface area contributed by atoms with Crippen LogP contribution in [-0.2, 0) is 16.6 Å². The zero-order valence-electron chi connectivity index (χ0n) is 14.8. The highest BCUT2D eigenvalue weighted by Crippen LogP contribution is 2.29. The molecule has 1 heterocycles. The highest BCUT2D eigenvalue weighted by molar-refractivity contribution is 7.89. The molecule has 0 aliphatic carbocycles. The molecule has 0 saturated carbocycles. The molecule has 136 valence electrons. The Morgan fingerprint density at radius 1 is 0.962 bits per heavy atom. The van der Waals surface area contributed by atoms with E-state index in [1.54, 1.807) is 11.3 Å². The minimum absolute atomic E-state index is 0.271. The Morgan fingerprint density at radius 2 is 1.58 bits per heavy atom. The minimum atomic E-state index is -3.56. The highest BCUT2D eigenvalue weighted by Gasteiger charge is 2.19. The molecule has 3 nitrogen and oxygen atoms in total. The van der Waals surface area contributed by atoms with Crippen molar-refractivity contribution in [1.29, 1.82) is 0 Å². The summed E-state index contributed by atoms with van der Waals surface area (Å²) in [6.07, 6.45) is 0. The standard InChI is InChI=1S/C20H20ClNO2S2/c1-13-10-14(2)20(15(3)11-13)26(23,24)22-12-18-8-9-19(25-18)16-4-6-17(21)7-5-16/h4-11,22H,12H2,1-3H3. The van der Waals surface area contributed by atoms with Crippen LogP contribution < -0.4 is 4.72 Å². The Hall–Kier alpha value is -1.66. The van der Waals surface area contributed by atoms with E-state index in [0.29, 0.717) is 9.92 Å². The first kappa shape index (κ1) is 19.1. The molecule has 0 saturated heterocycles. The lowest BCUT2D eigenvalue weighted by Crippen LogP contribution is -2.24. The lowest BCUT2D eigenvalue weighted by atomic mass is 10.1. The fraction of sp³-hybridized carbons (Fsp3) is 0.200. The molecule has 1 N–H and O–H groups in total. The number of aryl methyl sites for hydroxylation is 3. The van der Waals surface area contributed by atoms with Crippen LogP contribution in [0.5, 0.6) is 0 Å². The maximum atomic E-state index is 12.8. The molecule has 0 aliphatic heterocycles. The normalized spacial score (nSPS) is 11.7. The van der Waals surface area contributed by atoms with Gasteiger partial charge in [-0.15, -0.1) is 11.3 Å². The second-order valence-electron chi connectivity index (χ2n) is 6.33. The van der Waals surface area contributed by atoms with Gasteiger partial charge in [0.1, 0.15) is 0 Å². The molecule has 0 radical (unpaired) electrons. The number of sulfonamides is 1. The summed E-state index contributed by atoms with van der Waals surface area (Å²) in [4.78, 5) is 2.41. The van der Waals surface area contributed by atoms with Crippen LogP contribution in [0.1, 0.15) is 21.6 Å². The highest BCUT2D eigenvalue weighted by atomic mass is 35.5. The second-order valence-corrected chi connectivity index (χ2v) is 9.63. The summed E-state index contributed by atoms with van der Waals surface area (Å²) in [5.74, 6) is 0. The topological polar surface area (TPSA) is 46.2 Å². The summed E-state index contributed by atoms with van der Waals surface area (Å²) in [5, 5.41) is 0.696. The first-order valence-corrected chi connectivity index (χ1v) is 10.9. The molecule has 3 aromatic rings. The predicted molar refractivity (Wildman–Crippen MR) is 109 cm³/mol. The summed E-state index contributed by atoms with van der Waals surface area (Å²) in [7, 11) is -3.56. The van der Waals surface area contributed by atoms with E-state index >= 15 is 0 Å². The van der Waals surface area contributed by atoms with Crippen LogP contribution in [0, 0.1) is 20.8 Å². The van der Waals surface area contributed by atoms with E-state index in [0.717, 1.165) is 32.0 Å². The van der Waals surface area contributed by atoms with Crippen LogP contribution in [0.15, 0.2) is 53.4 Å². The van der Waals surface area contributed by atoms with Crippen molar-refractivity contribution < 1.29 is 8.42 Å². The molecule has 0 aliphatic rings. The van der Waals surface area contributed by atoms with E-state index in [4.69, 9.17) is 11.6 Å². The van der Waals surface area contributed by atoms with Crippen molar-refractivity contribution in [2.24, 2.45) is 0 Å². The van der Waals surface area contributed by atoms with Crippen LogP contribution in [0.2, 0.25) is 5.02 Å². The maximum Gasteiger partial charge on any atom is 0.241 e. The number of hydrogen-bond acceptors (Lipinski definition) is 3. The van der Waals surface area contributed by atoms with Gasteiger partial charge < -0.3 is 0 Å². The maximum absolute atomic E-state index is 12.8. The minimum Gasteiger partial charge on any atom is -0.207 e. The summed E-state index contributed by atoms with van der Waals surface area (Å²) in [6.45, 7) is 5.90. The van der Waals surface area contributed by atoms with Crippen LogP contribution in [-0.4, -0.2) is 8.42 Å². The van der Waals surface area contributed by atoms with Crippen molar-refractivity contribution in [3.63, 3.8) is 0 Å². The first-order valence-electron chi connectivity index (χ1n) is 8.18. The Kier molecular flexibility index (Phi) is 5.53. The van der Waals surface area contributed by atoms with Gasteiger partial charge in [0.2, 0.25) is 10.0 Å². The van der Waals surface area contributed by atoms with Gasteiger partial charge in [0, 0.05) is 21.3 Å². The largest absolute Gasteiger partial charge is 0.241 e. The number of nitrogens with one attached hydrogen (secondary N) is 1. The third kappa shape index (κ3) is 4.18. The number of hydrogen-bond donors (Lipinski definition) is 1. The Balaban J connectivity index is 1.78. The van der Waals surface area contributed by atoms with Gasteiger partial charge in [0.25, 0.3) is 0 Å². The summed E-state index contributed by atoms with van der Waals surface area (Å²) in [6, 6.07) is 15.4. The van der Waals surface area contributed by atoms with Gasteiger partial charge in [-0.3, -0.25) is 0 Å². The summed E-state index contributed by atoms with van der Waals surface area (Å²) < 4.78 is 28.2. The van der Waals surface area contributed by atoms with Crippen LogP contribution in [0.4, 0.5) is 0 Å². The van der Waals surface area contributed by atoms with Gasteiger partial charge in [-0.1, -0.05) is 41.4 Å². The molecule has 0 fully saturated rings. The molecular weight excluding hydrogens is 386 g/mol. The van der Waals surface area contributed by atoms with E-state index in [1.807, 2.05) is 69.3 Å². The van der Waals surface area contributed by atoms with Crippen molar-refractivity contribution in [2.75, 3.05) is 0 Å². The predicted octanol–water partition coefficient (Wildman–Crippen LogP) is 5.47. The van der Waals surface area contributed by atoms with E-state index in [9.17, 15) is 8.42 Å². The second kappa shape index (κ2) is 7.53. The lowest BCUT2D eigenvalue weighted by Gasteiger charge is -2.12. The quantitative estimate of drug-likeness (QED) is 0.611. The van der Waals surface area contributed by atoms with E-state index in [1.165, 1.54) is 0 Å². The molecular formula is C20H20ClNO2S2. The molecule has 0 atom stereocenters. The zero-order chi connectivity index (χ0) is 18.9. The van der Waals surface area contributed by atoms with Crippen molar-refractivity contribution in [1.82, 2.24) is 4.72 Å². The summed E-state index contributed by atoms with van der Waals surface area (Å²) >= 11 is 7.49. The SMILES string of the molecule is Cc1cc(C)c(S(=O)(=O)NCc2ccc(-c3ccc(Cl)cc3)s2)c(C)c1. The molecule has 6 heteroatoms. The average molecular weight is 406 g/mol. The van der Waals surface area contributed by atoms with Gasteiger partial charge in [0.15, 0.2) is 0 Å². The number of benzene rings is 2. The van der Waals surface area contributed by atoms with Crippen LogP contribution >= 0.6 is 22.9 Å². The monoisotopic (exact) mass is 405 g/mol. The van der Waals surface area contributed by atoms with Gasteiger partial charge in [-0.05, 0) is 61.7 Å². The molecule has 2 aromatic carbocycles. The van der Waals surface area contributed by atoms with Crippen LogP contribution in [0.3, 0.4) is 0 Å². The fourth-order valence-corrected chi connectivity index (χ4v) is 5.70. The van der Waals surface area contributed by atoms with Gasteiger partial charge in [-0.2, -0.15) is 0 Å². The third-order valence-electron chi connectivity index (χ3n) is 4.10. The van der Waals surface area contributed by atoms with Crippen LogP contribution in [0.25, 0.3) is 10.4 Å². The lowest BCUT2D eigenvalue weighted by molar-refractivity contribution is 0.580. The molecule has 26 heavy (non-hydrogen) atoms. The van der Waals surface area contributed by atoms with Crippen molar-refractivity contribution in [3.8, 4) is 10.4 Å². The zero-order valence-corrected chi connectivity index (χ0v) is 17.2. The van der Waals surface area contributed by atoms with Gasteiger partial charge >= 0.3 is 0 Å². The molecule has 1 aromatic heterocycles. The van der Waals surface area contributed by atoms with Gasteiger partial charge in [-0.25, -0.2) is 13.1 Å². The molecule has 0 amide bonds. The Labute approximate surface area is 163 Å². The molecule has 3 rings (SSSR count). The van der Waals surface area contributed by atoms with Crippen molar-refractivity contribution in [3.05, 3.63) is 75.1 Å². The molecule has 0 bridgehead atoms. The van der Waals surface area contributed by atoms with Crippen molar-refractivity contribution >= 4 is 33.0 Å². The fourth-order valence-electron chi connectivity index (χ4n) is 3.07. The van der Waals surface area contributed by atoms with E-state index in [-0.39, 0.29) is 6.54 Å². The van der Waals surface area contributed by atoms with E-state index < -0.39 is 10.0 Å². The number of rotatable bonds is 5. The average Bonchev–Trinajstić information content (AvgIpc) is 3.01. The number of halogens is 1. The first-order chi connectivity index (χ1) is 12.3. The third-order valence-corrected chi connectivity index (χ3v) is 7.19. The van der Waals surface area contributed by atoms with Crippen molar-refractivity contribution in [2.45, 2.75) is 32.2 Å². The Morgan fingerprint density at radius 3 is 2.19 bits per heavy atom. The number of thiophene rings is 1. The van der Waals surface area contributed by atoms with E-state index in [2.05, 4.69) is 4.72 Å².